The number of carbonyl (C=O) groups excluding carboxylic acids is 1. The number of aromatic nitrogens is 3. The Hall–Kier alpha value is -4.00. The number of aromatic amines is 1. The summed E-state index contributed by atoms with van der Waals surface area (Å²) in [6, 6.07) is 19.4. The SMILES string of the molecule is O=C(c1n[nH]c(=O)c2ccccc12)N1CCC(Cc2ccc(COc3cccnc3)cc2)CC1. The molecule has 34 heavy (non-hydrogen) atoms. The van der Waals surface area contributed by atoms with Gasteiger partial charge in [-0.05, 0) is 54.5 Å². The Morgan fingerprint density at radius 3 is 2.44 bits per heavy atom. The van der Waals surface area contributed by atoms with Crippen molar-refractivity contribution < 1.29 is 9.53 Å². The van der Waals surface area contributed by atoms with Crippen LogP contribution >= 0.6 is 0 Å². The van der Waals surface area contributed by atoms with Crippen molar-refractivity contribution >= 4 is 16.7 Å². The number of nitrogens with zero attached hydrogens (tertiary/aromatic N) is 3. The van der Waals surface area contributed by atoms with Gasteiger partial charge in [-0.3, -0.25) is 14.6 Å². The van der Waals surface area contributed by atoms with E-state index >= 15 is 0 Å². The van der Waals surface area contributed by atoms with E-state index in [0.717, 1.165) is 30.6 Å². The third-order valence-electron chi connectivity index (χ3n) is 6.39. The number of fused-ring (bicyclic) bond motifs is 1. The van der Waals surface area contributed by atoms with Gasteiger partial charge in [-0.1, -0.05) is 42.5 Å². The average molecular weight is 455 g/mol. The largest absolute Gasteiger partial charge is 0.487 e. The lowest BCUT2D eigenvalue weighted by Crippen LogP contribution is -2.39. The molecule has 2 aromatic heterocycles. The van der Waals surface area contributed by atoms with Crippen LogP contribution in [0.3, 0.4) is 0 Å². The first-order valence-electron chi connectivity index (χ1n) is 11.5. The monoisotopic (exact) mass is 454 g/mol. The van der Waals surface area contributed by atoms with Gasteiger partial charge >= 0.3 is 0 Å². The van der Waals surface area contributed by atoms with Gasteiger partial charge in [0.15, 0.2) is 5.69 Å². The van der Waals surface area contributed by atoms with Crippen molar-refractivity contribution in [3.05, 3.63) is 100 Å². The number of hydrogen-bond acceptors (Lipinski definition) is 5. The van der Waals surface area contributed by atoms with E-state index in [1.165, 1.54) is 5.56 Å². The molecule has 0 aliphatic carbocycles. The van der Waals surface area contributed by atoms with Crippen LogP contribution in [-0.4, -0.2) is 39.1 Å². The number of amides is 1. The van der Waals surface area contributed by atoms with E-state index in [-0.39, 0.29) is 11.5 Å². The van der Waals surface area contributed by atoms with Gasteiger partial charge in [0.1, 0.15) is 12.4 Å². The Morgan fingerprint density at radius 2 is 1.71 bits per heavy atom. The number of nitrogens with one attached hydrogen (secondary N) is 1. The van der Waals surface area contributed by atoms with E-state index in [1.807, 2.05) is 23.1 Å². The molecule has 1 amide bonds. The number of H-pyrrole nitrogens is 1. The lowest BCUT2D eigenvalue weighted by atomic mass is 9.89. The van der Waals surface area contributed by atoms with Crippen molar-refractivity contribution in [1.82, 2.24) is 20.1 Å². The standard InChI is InChI=1S/C27H26N4O3/c32-26-24-6-2-1-5-23(24)25(29-30-26)27(33)31-14-11-20(12-15-31)16-19-7-9-21(10-8-19)18-34-22-4-3-13-28-17-22/h1-10,13,17,20H,11-12,14-16,18H2,(H,30,32). The van der Waals surface area contributed by atoms with Crippen molar-refractivity contribution in [2.24, 2.45) is 5.92 Å². The van der Waals surface area contributed by atoms with Crippen molar-refractivity contribution in [2.45, 2.75) is 25.9 Å². The number of likely N-dealkylation sites (tertiary alicyclic amines) is 1. The smallest absolute Gasteiger partial charge is 0.274 e. The normalized spacial score (nSPS) is 14.3. The molecular weight excluding hydrogens is 428 g/mol. The van der Waals surface area contributed by atoms with E-state index < -0.39 is 0 Å². The topological polar surface area (TPSA) is 88.2 Å². The van der Waals surface area contributed by atoms with Crippen molar-refractivity contribution in [1.29, 1.82) is 0 Å². The molecule has 5 rings (SSSR count). The summed E-state index contributed by atoms with van der Waals surface area (Å²) in [5.41, 5.74) is 2.45. The number of pyridine rings is 1. The van der Waals surface area contributed by atoms with Gasteiger partial charge in [0.25, 0.3) is 11.5 Å². The molecular formula is C27H26N4O3. The van der Waals surface area contributed by atoms with E-state index in [1.54, 1.807) is 30.6 Å². The van der Waals surface area contributed by atoms with E-state index in [0.29, 0.717) is 42.1 Å². The van der Waals surface area contributed by atoms with Crippen LogP contribution in [0, 0.1) is 5.92 Å². The summed E-state index contributed by atoms with van der Waals surface area (Å²) in [7, 11) is 0. The first-order chi connectivity index (χ1) is 16.7. The highest BCUT2D eigenvalue weighted by Gasteiger charge is 2.26. The van der Waals surface area contributed by atoms with E-state index in [9.17, 15) is 9.59 Å². The molecule has 1 aliphatic rings. The molecule has 0 atom stereocenters. The number of rotatable bonds is 6. The van der Waals surface area contributed by atoms with Gasteiger partial charge in [-0.2, -0.15) is 5.10 Å². The molecule has 0 bridgehead atoms. The molecule has 0 spiro atoms. The van der Waals surface area contributed by atoms with Gasteiger partial charge in [0, 0.05) is 24.7 Å². The van der Waals surface area contributed by atoms with E-state index in [2.05, 4.69) is 39.4 Å². The van der Waals surface area contributed by atoms with Gasteiger partial charge in [-0.15, -0.1) is 0 Å². The maximum Gasteiger partial charge on any atom is 0.274 e. The lowest BCUT2D eigenvalue weighted by molar-refractivity contribution is 0.0685. The molecule has 1 N–H and O–H groups in total. The molecule has 7 nitrogen and oxygen atoms in total. The van der Waals surface area contributed by atoms with Crippen LogP contribution in [0.4, 0.5) is 0 Å². The predicted octanol–water partition coefficient (Wildman–Crippen LogP) is 3.99. The summed E-state index contributed by atoms with van der Waals surface area (Å²) < 4.78 is 5.76. The van der Waals surface area contributed by atoms with Crippen molar-refractivity contribution in [3.8, 4) is 5.75 Å². The third-order valence-corrected chi connectivity index (χ3v) is 6.39. The summed E-state index contributed by atoms with van der Waals surface area (Å²) in [4.78, 5) is 31.0. The Labute approximate surface area is 197 Å². The van der Waals surface area contributed by atoms with Gasteiger partial charge in [-0.25, -0.2) is 5.10 Å². The van der Waals surface area contributed by atoms with Crippen LogP contribution < -0.4 is 10.3 Å². The van der Waals surface area contributed by atoms with Crippen LogP contribution in [-0.2, 0) is 13.0 Å². The summed E-state index contributed by atoms with van der Waals surface area (Å²) in [5, 5.41) is 7.62. The van der Waals surface area contributed by atoms with Crippen molar-refractivity contribution in [2.75, 3.05) is 13.1 Å². The second-order valence-electron chi connectivity index (χ2n) is 8.68. The first kappa shape index (κ1) is 21.8. The Morgan fingerprint density at radius 1 is 0.971 bits per heavy atom. The molecule has 2 aromatic carbocycles. The fraction of sp³-hybridized carbons (Fsp3) is 0.259. The lowest BCUT2D eigenvalue weighted by Gasteiger charge is -2.32. The quantitative estimate of drug-likeness (QED) is 0.476. The van der Waals surface area contributed by atoms with Crippen LogP contribution in [0.1, 0.15) is 34.5 Å². The highest BCUT2D eigenvalue weighted by Crippen LogP contribution is 2.24. The molecule has 3 heterocycles. The number of carbonyl (C=O) groups is 1. The van der Waals surface area contributed by atoms with Crippen LogP contribution in [0.15, 0.2) is 77.9 Å². The molecule has 4 aromatic rings. The zero-order chi connectivity index (χ0) is 23.3. The molecule has 1 saturated heterocycles. The zero-order valence-corrected chi connectivity index (χ0v) is 18.8. The summed E-state index contributed by atoms with van der Waals surface area (Å²) in [5.74, 6) is 1.17. The number of ether oxygens (including phenoxy) is 1. The van der Waals surface area contributed by atoms with Crippen LogP contribution in [0.2, 0.25) is 0 Å². The maximum atomic E-state index is 13.1. The highest BCUT2D eigenvalue weighted by molar-refractivity contribution is 6.04. The number of hydrogen-bond donors (Lipinski definition) is 1. The Balaban J connectivity index is 1.16. The van der Waals surface area contributed by atoms with Gasteiger partial charge in [0.05, 0.1) is 11.6 Å². The van der Waals surface area contributed by atoms with E-state index in [4.69, 9.17) is 4.74 Å². The zero-order valence-electron chi connectivity index (χ0n) is 18.8. The fourth-order valence-electron chi connectivity index (χ4n) is 4.47. The predicted molar refractivity (Wildman–Crippen MR) is 130 cm³/mol. The minimum absolute atomic E-state index is 0.121. The van der Waals surface area contributed by atoms with Gasteiger partial charge in [0.2, 0.25) is 0 Å². The molecule has 1 fully saturated rings. The summed E-state index contributed by atoms with van der Waals surface area (Å²) in [6.07, 6.45) is 6.31. The number of piperidine rings is 1. The second-order valence-corrected chi connectivity index (χ2v) is 8.68. The van der Waals surface area contributed by atoms with Gasteiger partial charge < -0.3 is 9.64 Å². The molecule has 172 valence electrons. The molecule has 1 aliphatic heterocycles. The summed E-state index contributed by atoms with van der Waals surface area (Å²) >= 11 is 0. The Bertz CT molecular complexity index is 1330. The summed E-state index contributed by atoms with van der Waals surface area (Å²) in [6.45, 7) is 1.89. The Kier molecular flexibility index (Phi) is 6.33. The fourth-order valence-corrected chi connectivity index (χ4v) is 4.47. The third kappa shape index (κ3) is 4.83. The molecule has 7 heteroatoms. The van der Waals surface area contributed by atoms with Crippen LogP contribution in [0.25, 0.3) is 10.8 Å². The average Bonchev–Trinajstić information content (AvgIpc) is 2.89. The highest BCUT2D eigenvalue weighted by atomic mass is 16.5. The van der Waals surface area contributed by atoms with Crippen molar-refractivity contribution in [3.63, 3.8) is 0 Å². The molecule has 0 unspecified atom stereocenters. The first-order valence-corrected chi connectivity index (χ1v) is 11.5. The second kappa shape index (κ2) is 9.87. The maximum absolute atomic E-state index is 13.1. The molecule has 0 radical (unpaired) electrons. The minimum atomic E-state index is -0.277. The molecule has 0 saturated carbocycles. The van der Waals surface area contributed by atoms with Crippen LogP contribution in [0.5, 0.6) is 5.75 Å². The minimum Gasteiger partial charge on any atom is -0.487 e. The number of benzene rings is 2.